The third-order valence-corrected chi connectivity index (χ3v) is 1.79. The van der Waals surface area contributed by atoms with Crippen LogP contribution in [0.15, 0.2) is 6.20 Å². The van der Waals surface area contributed by atoms with Crippen LogP contribution in [-0.4, -0.2) is 21.7 Å². The average Bonchev–Trinajstić information content (AvgIpc) is 2.28. The number of nitrogen functional groups attached to an aromatic ring is 1. The molecule has 0 saturated heterocycles. The molecule has 5 nitrogen and oxygen atoms in total. The number of rotatable bonds is 3. The van der Waals surface area contributed by atoms with Gasteiger partial charge in [-0.2, -0.15) is 5.10 Å². The number of nitrogens with two attached hydrogens (primary N) is 1. The summed E-state index contributed by atoms with van der Waals surface area (Å²) in [5, 5.41) is 6.96. The molecule has 1 amide bonds. The molecule has 0 atom stereocenters. The van der Waals surface area contributed by atoms with Gasteiger partial charge in [0, 0.05) is 12.2 Å². The first kappa shape index (κ1) is 10.8. The van der Waals surface area contributed by atoms with Gasteiger partial charge in [-0.25, -0.2) is 0 Å². The number of nitrogens with zero attached hydrogens (tertiary/aromatic N) is 2. The van der Waals surface area contributed by atoms with Gasteiger partial charge in [0.15, 0.2) is 5.82 Å². The zero-order valence-electron chi connectivity index (χ0n) is 8.12. The van der Waals surface area contributed by atoms with Crippen molar-refractivity contribution in [3.63, 3.8) is 0 Å². The monoisotopic (exact) mass is 216 g/mol. The highest BCUT2D eigenvalue weighted by molar-refractivity contribution is 6.32. The van der Waals surface area contributed by atoms with E-state index in [0.717, 1.165) is 0 Å². The third kappa shape index (κ3) is 2.92. The molecule has 0 radical (unpaired) electrons. The number of halogens is 1. The number of hydrogen-bond donors (Lipinski definition) is 2. The van der Waals surface area contributed by atoms with E-state index in [0.29, 0.717) is 5.02 Å². The maximum Gasteiger partial charge on any atom is 0.241 e. The van der Waals surface area contributed by atoms with Crippen molar-refractivity contribution in [2.24, 2.45) is 0 Å². The number of hydrogen-bond acceptors (Lipinski definition) is 3. The molecule has 14 heavy (non-hydrogen) atoms. The van der Waals surface area contributed by atoms with Crippen LogP contribution in [0.5, 0.6) is 0 Å². The first-order valence-electron chi connectivity index (χ1n) is 4.27. The molecule has 1 rings (SSSR count). The number of carbonyl (C=O) groups is 1. The summed E-state index contributed by atoms with van der Waals surface area (Å²) in [6.45, 7) is 3.92. The summed E-state index contributed by atoms with van der Waals surface area (Å²) in [6.07, 6.45) is 1.52. The molecule has 1 aromatic rings. The zero-order valence-corrected chi connectivity index (χ0v) is 8.88. The first-order chi connectivity index (χ1) is 6.49. The molecule has 0 fully saturated rings. The van der Waals surface area contributed by atoms with Crippen LogP contribution in [0.3, 0.4) is 0 Å². The fourth-order valence-electron chi connectivity index (χ4n) is 1.01. The van der Waals surface area contributed by atoms with E-state index in [-0.39, 0.29) is 24.3 Å². The Morgan fingerprint density at radius 2 is 2.43 bits per heavy atom. The van der Waals surface area contributed by atoms with Gasteiger partial charge in [0.1, 0.15) is 11.6 Å². The van der Waals surface area contributed by atoms with E-state index in [1.54, 1.807) is 0 Å². The van der Waals surface area contributed by atoms with Crippen molar-refractivity contribution >= 4 is 23.3 Å². The van der Waals surface area contributed by atoms with Gasteiger partial charge in [-0.05, 0) is 13.8 Å². The minimum Gasteiger partial charge on any atom is -0.381 e. The summed E-state index contributed by atoms with van der Waals surface area (Å²) in [7, 11) is 0. The molecule has 0 aliphatic rings. The Hall–Kier alpha value is -1.23. The highest BCUT2D eigenvalue weighted by Gasteiger charge is 2.07. The van der Waals surface area contributed by atoms with Gasteiger partial charge < -0.3 is 11.1 Å². The third-order valence-electron chi connectivity index (χ3n) is 1.50. The van der Waals surface area contributed by atoms with E-state index >= 15 is 0 Å². The van der Waals surface area contributed by atoms with Gasteiger partial charge in [0.2, 0.25) is 5.91 Å². The first-order valence-corrected chi connectivity index (χ1v) is 4.64. The molecule has 0 saturated carbocycles. The van der Waals surface area contributed by atoms with Crippen molar-refractivity contribution in [2.45, 2.75) is 26.4 Å². The predicted octanol–water partition coefficient (Wildman–Crippen LogP) is 0.643. The Balaban J connectivity index is 2.56. The SMILES string of the molecule is CC(C)NC(=O)Cn1cc(Cl)c(N)n1. The predicted molar refractivity (Wildman–Crippen MR) is 54.9 cm³/mol. The van der Waals surface area contributed by atoms with Gasteiger partial charge in [-0.3, -0.25) is 9.48 Å². The second-order valence-electron chi connectivity index (χ2n) is 3.28. The molecule has 1 heterocycles. The lowest BCUT2D eigenvalue weighted by Crippen LogP contribution is -2.33. The van der Waals surface area contributed by atoms with Crippen LogP contribution in [0, 0.1) is 0 Å². The highest BCUT2D eigenvalue weighted by Crippen LogP contribution is 2.14. The van der Waals surface area contributed by atoms with Crippen LogP contribution in [0.4, 0.5) is 5.82 Å². The molecule has 0 aliphatic carbocycles. The minimum absolute atomic E-state index is 0.112. The quantitative estimate of drug-likeness (QED) is 0.779. The van der Waals surface area contributed by atoms with E-state index in [1.807, 2.05) is 13.8 Å². The second kappa shape index (κ2) is 4.32. The van der Waals surface area contributed by atoms with Crippen LogP contribution >= 0.6 is 11.6 Å². The fraction of sp³-hybridized carbons (Fsp3) is 0.500. The lowest BCUT2D eigenvalue weighted by molar-refractivity contribution is -0.122. The fourth-order valence-corrected chi connectivity index (χ4v) is 1.16. The Bertz CT molecular complexity index is 315. The summed E-state index contributed by atoms with van der Waals surface area (Å²) in [5.41, 5.74) is 5.42. The summed E-state index contributed by atoms with van der Waals surface area (Å²) in [5.74, 6) is 0.128. The number of amides is 1. The van der Waals surface area contributed by atoms with E-state index < -0.39 is 0 Å². The van der Waals surface area contributed by atoms with Gasteiger partial charge in [0.25, 0.3) is 0 Å². The number of carbonyl (C=O) groups excluding carboxylic acids is 1. The summed E-state index contributed by atoms with van der Waals surface area (Å²) in [6, 6.07) is 0.117. The normalized spacial score (nSPS) is 10.6. The van der Waals surface area contributed by atoms with E-state index in [1.165, 1.54) is 10.9 Å². The molecule has 0 bridgehead atoms. The van der Waals surface area contributed by atoms with Crippen molar-refractivity contribution in [3.8, 4) is 0 Å². The average molecular weight is 217 g/mol. The second-order valence-corrected chi connectivity index (χ2v) is 3.69. The Morgan fingerprint density at radius 3 is 2.86 bits per heavy atom. The molecular formula is C8H13ClN4O. The van der Waals surface area contributed by atoms with Crippen molar-refractivity contribution in [1.29, 1.82) is 0 Å². The van der Waals surface area contributed by atoms with E-state index in [9.17, 15) is 4.79 Å². The Kier molecular flexibility index (Phi) is 3.35. The van der Waals surface area contributed by atoms with Crippen molar-refractivity contribution < 1.29 is 4.79 Å². The van der Waals surface area contributed by atoms with E-state index in [2.05, 4.69) is 10.4 Å². The van der Waals surface area contributed by atoms with E-state index in [4.69, 9.17) is 17.3 Å². The van der Waals surface area contributed by atoms with Gasteiger partial charge in [0.05, 0.1) is 0 Å². The summed E-state index contributed by atoms with van der Waals surface area (Å²) < 4.78 is 1.41. The van der Waals surface area contributed by atoms with Crippen LogP contribution in [0.1, 0.15) is 13.8 Å². The molecule has 3 N–H and O–H groups in total. The summed E-state index contributed by atoms with van der Waals surface area (Å²) in [4.78, 5) is 11.3. The molecule has 6 heteroatoms. The van der Waals surface area contributed by atoms with Gasteiger partial charge >= 0.3 is 0 Å². The lowest BCUT2D eigenvalue weighted by atomic mass is 10.4. The molecular weight excluding hydrogens is 204 g/mol. The zero-order chi connectivity index (χ0) is 10.7. The molecule has 1 aromatic heterocycles. The molecule has 0 aromatic carbocycles. The molecule has 0 spiro atoms. The van der Waals surface area contributed by atoms with Crippen LogP contribution in [-0.2, 0) is 11.3 Å². The highest BCUT2D eigenvalue weighted by atomic mass is 35.5. The van der Waals surface area contributed by atoms with Crippen LogP contribution in [0.25, 0.3) is 0 Å². The smallest absolute Gasteiger partial charge is 0.241 e. The largest absolute Gasteiger partial charge is 0.381 e. The van der Waals surface area contributed by atoms with Crippen molar-refractivity contribution in [1.82, 2.24) is 15.1 Å². The topological polar surface area (TPSA) is 72.9 Å². The van der Waals surface area contributed by atoms with Crippen molar-refractivity contribution in [2.75, 3.05) is 5.73 Å². The van der Waals surface area contributed by atoms with Gasteiger partial charge in [-0.1, -0.05) is 11.6 Å². The number of nitrogens with one attached hydrogen (secondary N) is 1. The number of anilines is 1. The Morgan fingerprint density at radius 1 is 1.79 bits per heavy atom. The van der Waals surface area contributed by atoms with Crippen molar-refractivity contribution in [3.05, 3.63) is 11.2 Å². The maximum absolute atomic E-state index is 11.3. The van der Waals surface area contributed by atoms with Gasteiger partial charge in [-0.15, -0.1) is 0 Å². The summed E-state index contributed by atoms with van der Waals surface area (Å²) >= 11 is 5.68. The molecule has 0 aliphatic heterocycles. The molecule has 78 valence electrons. The minimum atomic E-state index is -0.112. The maximum atomic E-state index is 11.3. The number of aromatic nitrogens is 2. The van der Waals surface area contributed by atoms with Crippen LogP contribution in [0.2, 0.25) is 5.02 Å². The molecule has 0 unspecified atom stereocenters. The lowest BCUT2D eigenvalue weighted by Gasteiger charge is -2.07. The van der Waals surface area contributed by atoms with Crippen LogP contribution < -0.4 is 11.1 Å². The standard InChI is InChI=1S/C8H13ClN4O/c1-5(2)11-7(14)4-13-3-6(9)8(10)12-13/h3,5H,4H2,1-2H3,(H2,10,12)(H,11,14). The Labute approximate surface area is 87.2 Å².